The van der Waals surface area contributed by atoms with Gasteiger partial charge < -0.3 is 10.4 Å². The summed E-state index contributed by atoms with van der Waals surface area (Å²) in [4.78, 5) is 7.01. The fourth-order valence-electron chi connectivity index (χ4n) is 1.46. The Morgan fingerprint density at radius 1 is 1.36 bits per heavy atom. The van der Waals surface area contributed by atoms with Crippen LogP contribution in [0.5, 0.6) is 0 Å². The molecule has 0 amide bonds. The first-order valence-electron chi connectivity index (χ1n) is 4.63. The molecule has 2 rings (SSSR count). The lowest BCUT2D eigenvalue weighted by Crippen LogP contribution is -2.16. The number of hydrogen-bond donors (Lipinski definition) is 2. The summed E-state index contributed by atoms with van der Waals surface area (Å²) < 4.78 is 2.07. The average molecular weight is 190 g/mol. The van der Waals surface area contributed by atoms with Crippen molar-refractivity contribution in [3.63, 3.8) is 0 Å². The lowest BCUT2D eigenvalue weighted by Gasteiger charge is -2.11. The van der Waals surface area contributed by atoms with Crippen LogP contribution in [0.2, 0.25) is 0 Å². The summed E-state index contributed by atoms with van der Waals surface area (Å²) >= 11 is 0. The van der Waals surface area contributed by atoms with Gasteiger partial charge in [0.2, 0.25) is 0 Å². The third kappa shape index (κ3) is 1.64. The molecule has 0 atom stereocenters. The van der Waals surface area contributed by atoms with Crippen LogP contribution in [0.15, 0.2) is 24.7 Å². The van der Waals surface area contributed by atoms with Gasteiger partial charge in [0, 0.05) is 17.6 Å². The number of hydrogen-bond acceptors (Lipinski definition) is 2. The summed E-state index contributed by atoms with van der Waals surface area (Å²) in [5.41, 5.74) is 6.81. The average Bonchev–Trinajstić information content (AvgIpc) is 2.76. The fraction of sp³-hybridized carbons (Fsp3) is 0.300. The highest BCUT2D eigenvalue weighted by atomic mass is 15.4. The van der Waals surface area contributed by atoms with Crippen LogP contribution < -0.4 is 5.43 Å². The van der Waals surface area contributed by atoms with Crippen LogP contribution in [0.1, 0.15) is 17.1 Å². The van der Waals surface area contributed by atoms with Crippen LogP contribution in [0.25, 0.3) is 0 Å². The van der Waals surface area contributed by atoms with E-state index in [2.05, 4.69) is 46.1 Å². The second kappa shape index (κ2) is 3.57. The second-order valence-corrected chi connectivity index (χ2v) is 3.36. The molecule has 0 spiro atoms. The molecule has 0 aromatic carbocycles. The molecule has 14 heavy (non-hydrogen) atoms. The van der Waals surface area contributed by atoms with E-state index in [1.807, 2.05) is 6.20 Å². The zero-order valence-corrected chi connectivity index (χ0v) is 8.41. The molecule has 4 nitrogen and oxygen atoms in total. The van der Waals surface area contributed by atoms with Gasteiger partial charge in [-0.15, -0.1) is 0 Å². The highest BCUT2D eigenvalue weighted by Gasteiger charge is 1.99. The Balaban J connectivity index is 2.05. The molecule has 0 bridgehead atoms. The van der Waals surface area contributed by atoms with E-state index in [1.165, 1.54) is 11.4 Å². The molecule has 0 saturated carbocycles. The molecule has 0 unspecified atom stereocenters. The zero-order valence-electron chi connectivity index (χ0n) is 8.41. The van der Waals surface area contributed by atoms with Crippen molar-refractivity contribution < 1.29 is 0 Å². The zero-order chi connectivity index (χ0) is 9.97. The van der Waals surface area contributed by atoms with Crippen LogP contribution >= 0.6 is 0 Å². The maximum Gasteiger partial charge on any atom is 0.0922 e. The Kier molecular flexibility index (Phi) is 2.26. The normalized spacial score (nSPS) is 10.4. The van der Waals surface area contributed by atoms with Crippen molar-refractivity contribution in [2.75, 3.05) is 5.43 Å². The van der Waals surface area contributed by atoms with E-state index in [4.69, 9.17) is 0 Å². The highest BCUT2D eigenvalue weighted by Crippen LogP contribution is 2.04. The molecule has 2 N–H and O–H groups in total. The first-order valence-corrected chi connectivity index (χ1v) is 4.63. The molecular formula is C10H14N4. The smallest absolute Gasteiger partial charge is 0.0922 e. The van der Waals surface area contributed by atoms with Gasteiger partial charge in [0.15, 0.2) is 0 Å². The van der Waals surface area contributed by atoms with Crippen molar-refractivity contribution in [2.45, 2.75) is 20.4 Å². The van der Waals surface area contributed by atoms with Gasteiger partial charge in [0.05, 0.1) is 18.6 Å². The van der Waals surface area contributed by atoms with Crippen molar-refractivity contribution >= 4 is 0 Å². The van der Waals surface area contributed by atoms with Crippen LogP contribution in [-0.2, 0) is 6.54 Å². The Hall–Kier alpha value is -1.71. The fourth-order valence-corrected chi connectivity index (χ4v) is 1.46. The lowest BCUT2D eigenvalue weighted by molar-refractivity contribution is 0.783. The predicted octanol–water partition coefficient (Wildman–Crippen LogP) is 1.57. The van der Waals surface area contributed by atoms with Gasteiger partial charge in [0.25, 0.3) is 0 Å². The standard InChI is InChI=1S/C10H14N4/c1-8-3-4-9(2)14(8)13-6-10-5-11-7-12-10/h3-5,7,13H,6H2,1-2H3,(H,11,12). The van der Waals surface area contributed by atoms with Crippen LogP contribution in [0.4, 0.5) is 0 Å². The van der Waals surface area contributed by atoms with E-state index >= 15 is 0 Å². The predicted molar refractivity (Wildman–Crippen MR) is 55.6 cm³/mol. The minimum atomic E-state index is 0.760. The Labute approximate surface area is 83.0 Å². The van der Waals surface area contributed by atoms with Gasteiger partial charge in [-0.2, -0.15) is 0 Å². The van der Waals surface area contributed by atoms with E-state index in [1.54, 1.807) is 6.33 Å². The molecule has 74 valence electrons. The molecule has 4 heteroatoms. The first kappa shape index (κ1) is 8.87. The number of nitrogens with zero attached hydrogens (tertiary/aromatic N) is 2. The van der Waals surface area contributed by atoms with Gasteiger partial charge in [-0.1, -0.05) is 0 Å². The summed E-state index contributed by atoms with van der Waals surface area (Å²) in [7, 11) is 0. The number of imidazole rings is 1. The number of aromatic amines is 1. The SMILES string of the molecule is Cc1ccc(C)n1NCc1cnc[nH]1. The van der Waals surface area contributed by atoms with E-state index in [0.717, 1.165) is 12.2 Å². The third-order valence-corrected chi connectivity index (χ3v) is 2.25. The van der Waals surface area contributed by atoms with Gasteiger partial charge in [-0.25, -0.2) is 4.98 Å². The largest absolute Gasteiger partial charge is 0.347 e. The third-order valence-electron chi connectivity index (χ3n) is 2.25. The number of aryl methyl sites for hydroxylation is 2. The van der Waals surface area contributed by atoms with Crippen LogP contribution in [-0.4, -0.2) is 14.6 Å². The highest BCUT2D eigenvalue weighted by molar-refractivity contribution is 5.15. The van der Waals surface area contributed by atoms with Gasteiger partial charge in [0.1, 0.15) is 0 Å². The van der Waals surface area contributed by atoms with E-state index in [-0.39, 0.29) is 0 Å². The lowest BCUT2D eigenvalue weighted by atomic mass is 10.5. The van der Waals surface area contributed by atoms with E-state index < -0.39 is 0 Å². The molecule has 0 aliphatic rings. The van der Waals surface area contributed by atoms with Crippen molar-refractivity contribution in [1.82, 2.24) is 14.6 Å². The summed E-state index contributed by atoms with van der Waals surface area (Å²) in [5, 5.41) is 0. The summed E-state index contributed by atoms with van der Waals surface area (Å²) in [6, 6.07) is 4.19. The number of aromatic nitrogens is 3. The van der Waals surface area contributed by atoms with Crippen molar-refractivity contribution in [1.29, 1.82) is 0 Å². The van der Waals surface area contributed by atoms with Gasteiger partial charge >= 0.3 is 0 Å². The molecule has 0 fully saturated rings. The van der Waals surface area contributed by atoms with Crippen molar-refractivity contribution in [3.05, 3.63) is 41.7 Å². The van der Waals surface area contributed by atoms with E-state index in [9.17, 15) is 0 Å². The Bertz CT molecular complexity index is 380. The molecule has 2 heterocycles. The maximum atomic E-state index is 3.96. The Morgan fingerprint density at radius 3 is 2.64 bits per heavy atom. The molecule has 0 aliphatic carbocycles. The molecular weight excluding hydrogens is 176 g/mol. The van der Waals surface area contributed by atoms with Crippen molar-refractivity contribution in [2.24, 2.45) is 0 Å². The van der Waals surface area contributed by atoms with Crippen LogP contribution in [0, 0.1) is 13.8 Å². The van der Waals surface area contributed by atoms with Crippen molar-refractivity contribution in [3.8, 4) is 0 Å². The van der Waals surface area contributed by atoms with E-state index in [0.29, 0.717) is 0 Å². The Morgan fingerprint density at radius 2 is 2.07 bits per heavy atom. The first-order chi connectivity index (χ1) is 6.77. The topological polar surface area (TPSA) is 45.6 Å². The summed E-state index contributed by atoms with van der Waals surface area (Å²) in [6.45, 7) is 4.91. The number of rotatable bonds is 3. The minimum Gasteiger partial charge on any atom is -0.347 e. The maximum absolute atomic E-state index is 3.96. The van der Waals surface area contributed by atoms with Gasteiger partial charge in [-0.05, 0) is 26.0 Å². The summed E-state index contributed by atoms with van der Waals surface area (Å²) in [5.74, 6) is 0. The van der Waals surface area contributed by atoms with Gasteiger partial charge in [-0.3, -0.25) is 4.68 Å². The minimum absolute atomic E-state index is 0.760. The second-order valence-electron chi connectivity index (χ2n) is 3.36. The molecule has 0 radical (unpaired) electrons. The molecule has 2 aromatic heterocycles. The van der Waals surface area contributed by atoms with Crippen LogP contribution in [0.3, 0.4) is 0 Å². The number of H-pyrrole nitrogens is 1. The molecule has 0 saturated heterocycles. The summed E-state index contributed by atoms with van der Waals surface area (Å²) in [6.07, 6.45) is 3.51. The quantitative estimate of drug-likeness (QED) is 0.771. The number of nitrogens with one attached hydrogen (secondary N) is 2. The molecule has 2 aromatic rings. The monoisotopic (exact) mass is 190 g/mol. The molecule has 0 aliphatic heterocycles.